The summed E-state index contributed by atoms with van der Waals surface area (Å²) in [6.45, 7) is 1.79. The van der Waals surface area contributed by atoms with Gasteiger partial charge in [-0.05, 0) is 0 Å². The topological polar surface area (TPSA) is 55.8 Å². The number of rotatable bonds is 1. The van der Waals surface area contributed by atoms with E-state index in [0.29, 0.717) is 6.42 Å². The smallest absolute Gasteiger partial charge is 0.341 e. The largest absolute Gasteiger partial charge is 0.481 e. The zero-order valence-corrected chi connectivity index (χ0v) is 5.53. The van der Waals surface area contributed by atoms with Gasteiger partial charge in [0.15, 0.2) is 0 Å². The fourth-order valence-corrected chi connectivity index (χ4v) is 0.624. The molecule has 1 aliphatic heterocycles. The van der Waals surface area contributed by atoms with E-state index in [0.717, 1.165) is 6.08 Å². The minimum absolute atomic E-state index is 0.372. The van der Waals surface area contributed by atoms with E-state index in [1.54, 1.807) is 6.92 Å². The Morgan fingerprint density at radius 2 is 2.40 bits per heavy atom. The molecule has 1 heterocycles. The Balaban J connectivity index is 2.60. The summed E-state index contributed by atoms with van der Waals surface area (Å²) in [6.07, 6.45) is 0.799. The maximum atomic E-state index is 10.5. The van der Waals surface area contributed by atoms with Gasteiger partial charge in [-0.3, -0.25) is 0 Å². The predicted molar refractivity (Wildman–Crippen MR) is 32.0 cm³/mol. The van der Waals surface area contributed by atoms with Crippen LogP contribution in [0.2, 0.25) is 0 Å². The van der Waals surface area contributed by atoms with Gasteiger partial charge in [-0.15, -0.1) is 0 Å². The molecule has 0 aromatic carbocycles. The molecule has 4 heteroatoms. The van der Waals surface area contributed by atoms with E-state index >= 15 is 0 Å². The highest BCUT2D eigenvalue weighted by molar-refractivity contribution is 5.82. The number of cyclic esters (lactones) is 1. The van der Waals surface area contributed by atoms with Gasteiger partial charge >= 0.3 is 5.97 Å². The van der Waals surface area contributed by atoms with Crippen LogP contribution in [0.15, 0.2) is 12.0 Å². The molecule has 0 fully saturated rings. The summed E-state index contributed by atoms with van der Waals surface area (Å²) in [4.78, 5) is 10.5. The van der Waals surface area contributed by atoms with E-state index in [-0.39, 0.29) is 5.95 Å². The molecular weight excluding hydrogens is 136 g/mol. The Labute approximate surface area is 58.1 Å². The van der Waals surface area contributed by atoms with Gasteiger partial charge < -0.3 is 14.6 Å². The van der Waals surface area contributed by atoms with Crippen LogP contribution in [0.25, 0.3) is 0 Å². The Kier molecular flexibility index (Phi) is 1.80. The van der Waals surface area contributed by atoms with Gasteiger partial charge in [-0.1, -0.05) is 6.92 Å². The Bertz CT molecular complexity index is 173. The fraction of sp³-hybridized carbons (Fsp3) is 0.500. The normalized spacial score (nSPS) is 24.7. The van der Waals surface area contributed by atoms with Gasteiger partial charge in [0.1, 0.15) is 6.08 Å². The van der Waals surface area contributed by atoms with Crippen LogP contribution in [0.1, 0.15) is 13.3 Å². The van der Waals surface area contributed by atoms with Crippen LogP contribution in [0.4, 0.5) is 0 Å². The van der Waals surface area contributed by atoms with Crippen LogP contribution in [0, 0.1) is 0 Å². The first-order valence-corrected chi connectivity index (χ1v) is 3.00. The van der Waals surface area contributed by atoms with Crippen molar-refractivity contribution in [3.05, 3.63) is 12.0 Å². The zero-order chi connectivity index (χ0) is 7.56. The number of aliphatic hydroxyl groups excluding tert-OH is 1. The first-order valence-electron chi connectivity index (χ1n) is 3.00. The number of esters is 1. The van der Waals surface area contributed by atoms with E-state index in [9.17, 15) is 4.79 Å². The fourth-order valence-electron chi connectivity index (χ4n) is 0.624. The molecule has 0 unspecified atom stereocenters. The Hall–Kier alpha value is -1.19. The summed E-state index contributed by atoms with van der Waals surface area (Å²) in [5.74, 6) is -0.932. The minimum atomic E-state index is -0.627. The predicted octanol–water partition coefficient (Wildman–Crippen LogP) is 0.695. The van der Waals surface area contributed by atoms with Crippen LogP contribution in [0.5, 0.6) is 0 Å². The average molecular weight is 144 g/mol. The van der Waals surface area contributed by atoms with Crippen LogP contribution in [-0.4, -0.2) is 17.4 Å². The van der Waals surface area contributed by atoms with Crippen molar-refractivity contribution in [3.8, 4) is 0 Å². The van der Waals surface area contributed by atoms with Crippen molar-refractivity contribution in [2.75, 3.05) is 0 Å². The third-order valence-corrected chi connectivity index (χ3v) is 1.07. The molecule has 0 saturated carbocycles. The van der Waals surface area contributed by atoms with Crippen LogP contribution in [0.3, 0.4) is 0 Å². The van der Waals surface area contributed by atoms with Gasteiger partial charge in [-0.25, -0.2) is 4.79 Å². The summed E-state index contributed by atoms with van der Waals surface area (Å²) in [5.41, 5.74) is 0. The van der Waals surface area contributed by atoms with E-state index in [2.05, 4.69) is 9.47 Å². The molecule has 0 saturated heterocycles. The van der Waals surface area contributed by atoms with E-state index in [4.69, 9.17) is 5.11 Å². The van der Waals surface area contributed by atoms with Crippen molar-refractivity contribution < 1.29 is 19.4 Å². The van der Waals surface area contributed by atoms with Crippen LogP contribution >= 0.6 is 0 Å². The van der Waals surface area contributed by atoms with Crippen molar-refractivity contribution in [3.63, 3.8) is 0 Å². The third-order valence-electron chi connectivity index (χ3n) is 1.07. The second-order valence-corrected chi connectivity index (χ2v) is 1.88. The molecule has 4 nitrogen and oxygen atoms in total. The molecule has 10 heavy (non-hydrogen) atoms. The first-order chi connectivity index (χ1) is 4.72. The molecule has 1 aliphatic rings. The van der Waals surface area contributed by atoms with Crippen molar-refractivity contribution in [1.29, 1.82) is 0 Å². The van der Waals surface area contributed by atoms with Crippen molar-refractivity contribution >= 4 is 5.97 Å². The molecule has 0 aromatic heterocycles. The van der Waals surface area contributed by atoms with Gasteiger partial charge in [0.25, 0.3) is 5.95 Å². The van der Waals surface area contributed by atoms with Gasteiger partial charge in [0.05, 0.1) is 0 Å². The summed E-state index contributed by atoms with van der Waals surface area (Å²) >= 11 is 0. The highest BCUT2D eigenvalue weighted by Gasteiger charge is 2.19. The van der Waals surface area contributed by atoms with E-state index in [1.807, 2.05) is 0 Å². The number of carbonyl (C=O) groups excluding carboxylic acids is 1. The minimum Gasteiger partial charge on any atom is -0.481 e. The lowest BCUT2D eigenvalue weighted by Gasteiger charge is -2.19. The molecule has 0 aliphatic carbocycles. The summed E-state index contributed by atoms with van der Waals surface area (Å²) in [5, 5.41) is 8.72. The molecule has 0 spiro atoms. The molecule has 1 N–H and O–H groups in total. The highest BCUT2D eigenvalue weighted by atomic mass is 16.7. The van der Waals surface area contributed by atoms with Crippen LogP contribution in [-0.2, 0) is 14.3 Å². The molecule has 0 radical (unpaired) electrons. The second kappa shape index (κ2) is 2.60. The first kappa shape index (κ1) is 6.92. The van der Waals surface area contributed by atoms with Crippen molar-refractivity contribution in [2.24, 2.45) is 0 Å². The van der Waals surface area contributed by atoms with Gasteiger partial charge in [0, 0.05) is 6.42 Å². The second-order valence-electron chi connectivity index (χ2n) is 1.88. The maximum absolute atomic E-state index is 10.5. The number of hydrogen-bond donors (Lipinski definition) is 1. The number of carbonyl (C=O) groups is 1. The standard InChI is InChI=1S/C6H8O4/c1-2-6-9-4(7)3-5(8)10-6/h3,6-7H,2H2,1H3/t6-/m1/s1. The average Bonchev–Trinajstić information content (AvgIpc) is 1.85. The molecule has 0 aromatic rings. The summed E-state index contributed by atoms with van der Waals surface area (Å²) in [6, 6.07) is 0. The summed E-state index contributed by atoms with van der Waals surface area (Å²) in [7, 11) is 0. The lowest BCUT2D eigenvalue weighted by molar-refractivity contribution is -0.181. The van der Waals surface area contributed by atoms with Gasteiger partial charge in [-0.2, -0.15) is 0 Å². The third kappa shape index (κ3) is 1.40. The summed E-state index contributed by atoms with van der Waals surface area (Å²) < 4.78 is 9.29. The van der Waals surface area contributed by atoms with Crippen molar-refractivity contribution in [2.45, 2.75) is 19.6 Å². The molecule has 0 bridgehead atoms. The zero-order valence-electron chi connectivity index (χ0n) is 5.53. The highest BCUT2D eigenvalue weighted by Crippen LogP contribution is 2.11. The Morgan fingerprint density at radius 1 is 1.70 bits per heavy atom. The lowest BCUT2D eigenvalue weighted by Crippen LogP contribution is -2.24. The lowest BCUT2D eigenvalue weighted by atomic mass is 10.4. The quantitative estimate of drug-likeness (QED) is 0.550. The van der Waals surface area contributed by atoms with Crippen molar-refractivity contribution in [1.82, 2.24) is 0 Å². The van der Waals surface area contributed by atoms with E-state index < -0.39 is 12.3 Å². The monoisotopic (exact) mass is 144 g/mol. The molecular formula is C6H8O4. The molecule has 0 amide bonds. The van der Waals surface area contributed by atoms with E-state index in [1.165, 1.54) is 0 Å². The SMILES string of the molecule is CC[C@H]1OC(=O)C=C(O)O1. The van der Waals surface area contributed by atoms with Crippen LogP contribution < -0.4 is 0 Å². The molecule has 1 rings (SSSR count). The van der Waals surface area contributed by atoms with Gasteiger partial charge in [0.2, 0.25) is 6.29 Å². The Morgan fingerprint density at radius 3 is 2.90 bits per heavy atom. The maximum Gasteiger partial charge on any atom is 0.341 e. The number of aliphatic hydroxyl groups is 1. The number of ether oxygens (including phenoxy) is 2. The number of hydrogen-bond acceptors (Lipinski definition) is 4. The molecule has 1 atom stereocenters. The molecule has 56 valence electrons.